The summed E-state index contributed by atoms with van der Waals surface area (Å²) in [6.07, 6.45) is 14.2. The minimum atomic E-state index is -1.74. The Morgan fingerprint density at radius 2 is 0.475 bits per heavy atom. The summed E-state index contributed by atoms with van der Waals surface area (Å²) in [5.74, 6) is 0. The normalized spacial score (nSPS) is 10.8. The second-order valence-corrected chi connectivity index (χ2v) is 25.4. The number of hydrogen-bond donors (Lipinski definition) is 0. The van der Waals surface area contributed by atoms with E-state index < -0.39 is 39.5 Å². The molecule has 40 heavy (non-hydrogen) atoms. The van der Waals surface area contributed by atoms with Crippen LogP contribution in [0.1, 0.15) is 64.2 Å². The van der Waals surface area contributed by atoms with Crippen LogP contribution in [0.5, 0.6) is 0 Å². The monoisotopic (exact) mass is 730 g/mol. The van der Waals surface area contributed by atoms with E-state index in [9.17, 15) is 0 Å². The maximum atomic E-state index is 2.38. The summed E-state index contributed by atoms with van der Waals surface area (Å²) in [6, 6.07) is 45.5. The van der Waals surface area contributed by atoms with Crippen molar-refractivity contribution < 1.29 is 0 Å². The molecule has 0 N–H and O–H groups in total. The molecule has 4 aromatic carbocycles. The van der Waals surface area contributed by atoms with Gasteiger partial charge in [0, 0.05) is 37.7 Å². The van der Waals surface area contributed by atoms with Crippen LogP contribution < -0.4 is 14.3 Å². The second-order valence-electron chi connectivity index (χ2n) is 10.5. The summed E-state index contributed by atoms with van der Waals surface area (Å²) in [5.41, 5.74) is 0. The molecule has 0 aromatic heterocycles. The first kappa shape index (κ1) is 35.9. The van der Waals surface area contributed by atoms with Crippen molar-refractivity contribution in [2.75, 3.05) is 0 Å². The molecule has 0 unspecified atom stereocenters. The van der Waals surface area contributed by atoms with Gasteiger partial charge in [-0.15, -0.1) is 0 Å². The Morgan fingerprint density at radius 1 is 0.275 bits per heavy atom. The van der Waals surface area contributed by atoms with Crippen molar-refractivity contribution in [1.82, 2.24) is 0 Å². The summed E-state index contributed by atoms with van der Waals surface area (Å²) in [5, 5.41) is 0. The first-order chi connectivity index (χ1) is 18.9. The van der Waals surface area contributed by atoms with Gasteiger partial charge in [0.05, 0.1) is 0 Å². The van der Waals surface area contributed by atoms with Crippen molar-refractivity contribution in [3.05, 3.63) is 121 Å². The molecule has 4 aromatic rings. The van der Waals surface area contributed by atoms with Crippen molar-refractivity contribution in [2.45, 2.75) is 73.1 Å². The van der Waals surface area contributed by atoms with Gasteiger partial charge in [-0.05, 0) is 0 Å². The van der Waals surface area contributed by atoms with Crippen molar-refractivity contribution in [3.63, 3.8) is 0 Å². The van der Waals surface area contributed by atoms with Crippen LogP contribution in [0.2, 0.25) is 8.87 Å². The Hall–Kier alpha value is -0.328. The van der Waals surface area contributed by atoms with Crippen molar-refractivity contribution >= 4 is 91.6 Å². The molecule has 0 aliphatic rings. The van der Waals surface area contributed by atoms with Gasteiger partial charge in [-0.1, -0.05) is 0 Å². The molecule has 0 amide bonds. The van der Waals surface area contributed by atoms with Gasteiger partial charge in [-0.2, -0.15) is 0 Å². The summed E-state index contributed by atoms with van der Waals surface area (Å²) in [6.45, 7) is 0. The van der Waals surface area contributed by atoms with Gasteiger partial charge in [0.1, 0.15) is 0 Å². The summed E-state index contributed by atoms with van der Waals surface area (Å²) in [4.78, 5) is 0. The van der Waals surface area contributed by atoms with Crippen molar-refractivity contribution in [2.24, 2.45) is 0 Å². The van der Waals surface area contributed by atoms with Crippen LogP contribution in [0.4, 0.5) is 0 Å². The molecule has 0 saturated carbocycles. The zero-order chi connectivity index (χ0) is 26.1. The average molecular weight is 728 g/mol. The van der Waals surface area contributed by atoms with E-state index in [1.807, 2.05) is 0 Å². The van der Waals surface area contributed by atoms with E-state index in [0.29, 0.717) is 0 Å². The van der Waals surface area contributed by atoms with Crippen molar-refractivity contribution in [3.8, 4) is 0 Å². The molecule has 0 bridgehead atoms. The van der Waals surface area contributed by atoms with Crippen LogP contribution in [0.15, 0.2) is 121 Å². The molecule has 0 spiro atoms. The third-order valence-corrected chi connectivity index (χ3v) is 24.2. The van der Waals surface area contributed by atoms with Gasteiger partial charge in [0.2, 0.25) is 0 Å². The van der Waals surface area contributed by atoms with Crippen LogP contribution in [0.3, 0.4) is 0 Å². The van der Waals surface area contributed by atoms with Crippen LogP contribution in [-0.2, 0) is 0 Å². The standard InChI is InChI=1S/C12H24.4C6H5.2Li.2Sn/c1-3-5-7-9-11-12-10-8-6-4-2;4*1-2-4-6-5-3-1;;;;/h1-12H2;4*1-5H;;;;. The van der Waals surface area contributed by atoms with Gasteiger partial charge in [-0.25, -0.2) is 0 Å². The molecule has 4 rings (SSSR count). The number of rotatable bonds is 17. The van der Waals surface area contributed by atoms with Crippen LogP contribution >= 0.6 is 0 Å². The minimum absolute atomic E-state index is 0. The molecule has 4 heteroatoms. The maximum absolute atomic E-state index is 2.38. The fourth-order valence-electron chi connectivity index (χ4n) is 5.49. The van der Waals surface area contributed by atoms with Crippen LogP contribution in [0.25, 0.3) is 0 Å². The molecule has 198 valence electrons. The average Bonchev–Trinajstić information content (AvgIpc) is 2.99. The van der Waals surface area contributed by atoms with E-state index in [1.54, 1.807) is 14.3 Å². The molecule has 0 saturated heterocycles. The summed E-state index contributed by atoms with van der Waals surface area (Å²) in [7, 11) is 0. The van der Waals surface area contributed by atoms with Gasteiger partial charge in [0.15, 0.2) is 0 Å². The van der Waals surface area contributed by atoms with E-state index in [-0.39, 0.29) is 37.7 Å². The molecule has 0 aliphatic heterocycles. The van der Waals surface area contributed by atoms with Crippen LogP contribution in [-0.4, -0.2) is 77.2 Å². The third-order valence-electron chi connectivity index (χ3n) is 7.59. The summed E-state index contributed by atoms with van der Waals surface area (Å²) >= 11 is -3.49. The Kier molecular flexibility index (Phi) is 19.9. The molecule has 0 heterocycles. The van der Waals surface area contributed by atoms with E-state index in [0.717, 1.165) is 0 Å². The van der Waals surface area contributed by atoms with E-state index in [2.05, 4.69) is 121 Å². The fourth-order valence-corrected chi connectivity index (χ4v) is 20.9. The predicted octanol–water partition coefficient (Wildman–Crippen LogP) is 6.74. The third kappa shape index (κ3) is 12.9. The first-order valence-corrected chi connectivity index (χ1v) is 24.6. The first-order valence-electron chi connectivity index (χ1n) is 14.8. The number of hydrogen-bond acceptors (Lipinski definition) is 0. The predicted molar refractivity (Wildman–Crippen MR) is 183 cm³/mol. The van der Waals surface area contributed by atoms with Gasteiger partial charge < -0.3 is 0 Å². The van der Waals surface area contributed by atoms with Gasteiger partial charge in [0.25, 0.3) is 0 Å². The zero-order valence-electron chi connectivity index (χ0n) is 25.0. The molecule has 0 atom stereocenters. The van der Waals surface area contributed by atoms with E-state index in [4.69, 9.17) is 0 Å². The molecule has 0 fully saturated rings. The Morgan fingerprint density at radius 3 is 0.700 bits per heavy atom. The molecule has 4 radical (unpaired) electrons. The van der Waals surface area contributed by atoms with Crippen molar-refractivity contribution in [1.29, 1.82) is 0 Å². The molecular weight excluding hydrogens is 684 g/mol. The Balaban J connectivity index is 0.00000280. The Bertz CT molecular complexity index is 953. The van der Waals surface area contributed by atoms with Gasteiger partial charge >= 0.3 is 248 Å². The van der Waals surface area contributed by atoms with E-state index in [1.165, 1.54) is 73.1 Å². The second kappa shape index (κ2) is 22.2. The van der Waals surface area contributed by atoms with Gasteiger partial charge in [-0.3, -0.25) is 0 Å². The fraction of sp³-hybridized carbons (Fsp3) is 0.333. The molecule has 0 aliphatic carbocycles. The molecular formula is C36H44Li2Sn2. The Labute approximate surface area is 283 Å². The van der Waals surface area contributed by atoms with E-state index >= 15 is 0 Å². The molecule has 0 nitrogen and oxygen atoms in total. The quantitative estimate of drug-likeness (QED) is 0.0836. The topological polar surface area (TPSA) is 0 Å². The summed E-state index contributed by atoms with van der Waals surface area (Å²) < 4.78 is 9.53. The zero-order valence-corrected chi connectivity index (χ0v) is 30.7. The number of benzene rings is 4. The number of unbranched alkanes of at least 4 members (excludes halogenated alkanes) is 9. The SMILES string of the molecule is [Li].[Li].c1cc[c]([Sn]([CH2]CCCCCCCCCC[CH2][Sn]([c]2ccccc2)[c]2ccccc2)[c]2ccccc2)cc1. The van der Waals surface area contributed by atoms with Crippen LogP contribution in [0, 0.1) is 0 Å².